The summed E-state index contributed by atoms with van der Waals surface area (Å²) in [6.45, 7) is 2.79. The van der Waals surface area contributed by atoms with Crippen molar-refractivity contribution in [2.75, 3.05) is 48.4 Å². The quantitative estimate of drug-likeness (QED) is 0.762. The molecule has 2 amide bonds. The molecule has 1 N–H and O–H groups in total. The van der Waals surface area contributed by atoms with Gasteiger partial charge in [-0.05, 0) is 24.6 Å². The molecular formula is C23H26N6O4. The predicted octanol–water partition coefficient (Wildman–Crippen LogP) is 2.53. The molecule has 4 aliphatic rings. The molecule has 0 radical (unpaired) electrons. The van der Waals surface area contributed by atoms with Gasteiger partial charge in [-0.1, -0.05) is 0 Å². The number of likely N-dealkylation sites (N-methyl/N-ethyl adjacent to an activating group) is 1. The molecule has 6 heterocycles. The van der Waals surface area contributed by atoms with Gasteiger partial charge in [-0.15, -0.1) is 0 Å². The zero-order valence-corrected chi connectivity index (χ0v) is 18.5. The third-order valence-corrected chi connectivity index (χ3v) is 7.03. The molecule has 3 fully saturated rings. The maximum Gasteiger partial charge on any atom is 0.410 e. The molecule has 1 unspecified atom stereocenters. The van der Waals surface area contributed by atoms with Crippen LogP contribution in [0.2, 0.25) is 0 Å². The van der Waals surface area contributed by atoms with E-state index in [0.29, 0.717) is 31.3 Å². The molecule has 6 rings (SSSR count). The number of aromatic nitrogens is 2. The maximum absolute atomic E-state index is 12.3. The van der Waals surface area contributed by atoms with Crippen LogP contribution in [-0.2, 0) is 9.53 Å². The van der Waals surface area contributed by atoms with Crippen molar-refractivity contribution in [1.82, 2.24) is 14.9 Å². The van der Waals surface area contributed by atoms with E-state index in [-0.39, 0.29) is 23.6 Å². The van der Waals surface area contributed by atoms with Crippen molar-refractivity contribution >= 4 is 34.9 Å². The standard InChI is InChI=1S/C23H26N6O4/c1-27-14-23(33-22(27)31)6-8-28(9-7-23)16-2-4-19(24-12-16)26-15-10-18-21(25-11-15)32-13-17-3-5-20(30)29(17)18/h2,4,10-12,17H,3,5-9,13-14H2,1H3,(H,24,26). The van der Waals surface area contributed by atoms with Crippen LogP contribution in [0.1, 0.15) is 25.7 Å². The largest absolute Gasteiger partial charge is 0.474 e. The third-order valence-electron chi connectivity index (χ3n) is 7.03. The van der Waals surface area contributed by atoms with Crippen LogP contribution in [0.25, 0.3) is 0 Å². The van der Waals surface area contributed by atoms with Gasteiger partial charge in [-0.2, -0.15) is 0 Å². The summed E-state index contributed by atoms with van der Waals surface area (Å²) in [5, 5.41) is 3.28. The van der Waals surface area contributed by atoms with Gasteiger partial charge >= 0.3 is 6.09 Å². The highest BCUT2D eigenvalue weighted by Gasteiger charge is 2.45. The summed E-state index contributed by atoms with van der Waals surface area (Å²) in [5.41, 5.74) is 2.16. The van der Waals surface area contributed by atoms with E-state index in [0.717, 1.165) is 49.4 Å². The van der Waals surface area contributed by atoms with Gasteiger partial charge in [0, 0.05) is 39.4 Å². The lowest BCUT2D eigenvalue weighted by Crippen LogP contribution is -2.46. The molecular weight excluding hydrogens is 424 g/mol. The van der Waals surface area contributed by atoms with E-state index in [4.69, 9.17) is 9.47 Å². The van der Waals surface area contributed by atoms with Gasteiger partial charge in [0.15, 0.2) is 0 Å². The second kappa shape index (κ2) is 7.50. The number of nitrogens with zero attached hydrogens (tertiary/aromatic N) is 5. The van der Waals surface area contributed by atoms with Crippen molar-refractivity contribution in [3.8, 4) is 5.88 Å². The molecule has 0 aromatic carbocycles. The molecule has 0 aliphatic carbocycles. The number of pyridine rings is 2. The van der Waals surface area contributed by atoms with E-state index < -0.39 is 0 Å². The number of ether oxygens (including phenoxy) is 2. The molecule has 3 saturated heterocycles. The fourth-order valence-corrected chi connectivity index (χ4v) is 5.22. The first-order chi connectivity index (χ1) is 16.0. The minimum absolute atomic E-state index is 0.0938. The lowest BCUT2D eigenvalue weighted by Gasteiger charge is -2.38. The highest BCUT2D eigenvalue weighted by Crippen LogP contribution is 2.39. The van der Waals surface area contributed by atoms with E-state index in [1.807, 2.05) is 29.3 Å². The first kappa shape index (κ1) is 20.1. The molecule has 1 spiro atoms. The summed E-state index contributed by atoms with van der Waals surface area (Å²) in [6, 6.07) is 5.96. The Balaban J connectivity index is 1.12. The number of carbonyl (C=O) groups is 2. The second-order valence-electron chi connectivity index (χ2n) is 9.24. The fraction of sp³-hybridized carbons (Fsp3) is 0.478. The van der Waals surface area contributed by atoms with Gasteiger partial charge < -0.3 is 29.5 Å². The molecule has 2 aromatic rings. The predicted molar refractivity (Wildman–Crippen MR) is 121 cm³/mol. The van der Waals surface area contributed by atoms with E-state index >= 15 is 0 Å². The lowest BCUT2D eigenvalue weighted by molar-refractivity contribution is -0.117. The van der Waals surface area contributed by atoms with Crippen LogP contribution in [0.5, 0.6) is 5.88 Å². The highest BCUT2D eigenvalue weighted by atomic mass is 16.6. The Hall–Kier alpha value is -3.56. The molecule has 172 valence electrons. The number of fused-ring (bicyclic) bond motifs is 3. The number of carbonyl (C=O) groups excluding carboxylic acids is 2. The van der Waals surface area contributed by atoms with Gasteiger partial charge in [-0.25, -0.2) is 14.8 Å². The van der Waals surface area contributed by atoms with Crippen molar-refractivity contribution in [2.24, 2.45) is 0 Å². The normalized spacial score (nSPS) is 23.3. The molecule has 4 aliphatic heterocycles. The minimum atomic E-state index is -0.351. The van der Waals surface area contributed by atoms with Crippen LogP contribution >= 0.6 is 0 Å². The highest BCUT2D eigenvalue weighted by molar-refractivity contribution is 5.98. The van der Waals surface area contributed by atoms with Gasteiger partial charge in [0.2, 0.25) is 11.8 Å². The van der Waals surface area contributed by atoms with E-state index in [1.165, 1.54) is 0 Å². The van der Waals surface area contributed by atoms with Gasteiger partial charge in [-0.3, -0.25) is 4.79 Å². The molecule has 2 aromatic heterocycles. The van der Waals surface area contributed by atoms with Gasteiger partial charge in [0.1, 0.15) is 23.7 Å². The Kier molecular flexibility index (Phi) is 4.56. The lowest BCUT2D eigenvalue weighted by atomic mass is 9.91. The number of hydrogen-bond donors (Lipinski definition) is 1. The summed E-state index contributed by atoms with van der Waals surface area (Å²) in [4.78, 5) is 38.8. The van der Waals surface area contributed by atoms with Crippen molar-refractivity contribution in [3.63, 3.8) is 0 Å². The van der Waals surface area contributed by atoms with Crippen LogP contribution in [0, 0.1) is 0 Å². The van der Waals surface area contributed by atoms with Crippen LogP contribution in [0.4, 0.5) is 27.7 Å². The molecule has 10 heteroatoms. The third kappa shape index (κ3) is 3.49. The number of anilines is 4. The van der Waals surface area contributed by atoms with Crippen molar-refractivity contribution in [2.45, 2.75) is 37.3 Å². The topological polar surface area (TPSA) is 100 Å². The Labute approximate surface area is 191 Å². The van der Waals surface area contributed by atoms with Crippen LogP contribution in [-0.4, -0.2) is 71.8 Å². The Morgan fingerprint density at radius 3 is 2.73 bits per heavy atom. The van der Waals surface area contributed by atoms with Crippen LogP contribution in [0.3, 0.4) is 0 Å². The summed E-state index contributed by atoms with van der Waals surface area (Å²) >= 11 is 0. The fourth-order valence-electron chi connectivity index (χ4n) is 5.22. The molecule has 0 saturated carbocycles. The molecule has 1 atom stereocenters. The molecule has 10 nitrogen and oxygen atoms in total. The van der Waals surface area contributed by atoms with Crippen LogP contribution in [0.15, 0.2) is 30.6 Å². The SMILES string of the molecule is CN1CC2(CCN(c3ccc(Nc4cnc5c(c4)N4C(=O)CCC4CO5)nc3)CC2)OC1=O. The number of nitrogens with one attached hydrogen (secondary N) is 1. The Morgan fingerprint density at radius 2 is 2.00 bits per heavy atom. The Morgan fingerprint density at radius 1 is 1.15 bits per heavy atom. The number of hydrogen-bond acceptors (Lipinski definition) is 8. The van der Waals surface area contributed by atoms with Crippen molar-refractivity contribution in [1.29, 1.82) is 0 Å². The zero-order valence-electron chi connectivity index (χ0n) is 18.5. The summed E-state index contributed by atoms with van der Waals surface area (Å²) in [5.74, 6) is 1.31. The van der Waals surface area contributed by atoms with E-state index in [1.54, 1.807) is 18.1 Å². The smallest absolute Gasteiger partial charge is 0.410 e. The monoisotopic (exact) mass is 450 g/mol. The average molecular weight is 450 g/mol. The first-order valence-corrected chi connectivity index (χ1v) is 11.4. The summed E-state index contributed by atoms with van der Waals surface area (Å²) < 4.78 is 11.4. The van der Waals surface area contributed by atoms with Crippen molar-refractivity contribution < 1.29 is 19.1 Å². The minimum Gasteiger partial charge on any atom is -0.474 e. The van der Waals surface area contributed by atoms with Crippen LogP contribution < -0.4 is 19.9 Å². The molecule has 33 heavy (non-hydrogen) atoms. The van der Waals surface area contributed by atoms with Gasteiger partial charge in [0.05, 0.1) is 36.4 Å². The van der Waals surface area contributed by atoms with E-state index in [9.17, 15) is 9.59 Å². The van der Waals surface area contributed by atoms with Crippen molar-refractivity contribution in [3.05, 3.63) is 30.6 Å². The first-order valence-electron chi connectivity index (χ1n) is 11.4. The Bertz CT molecular complexity index is 1100. The number of amides is 2. The second-order valence-corrected chi connectivity index (χ2v) is 9.24. The maximum atomic E-state index is 12.3. The van der Waals surface area contributed by atoms with Gasteiger partial charge in [0.25, 0.3) is 0 Å². The van der Waals surface area contributed by atoms with E-state index in [2.05, 4.69) is 20.2 Å². The average Bonchev–Trinajstić information content (AvgIpc) is 3.34. The molecule has 0 bridgehead atoms. The summed E-state index contributed by atoms with van der Waals surface area (Å²) in [6.07, 6.45) is 6.29. The summed E-state index contributed by atoms with van der Waals surface area (Å²) in [7, 11) is 1.78. The number of piperidine rings is 1. The zero-order chi connectivity index (χ0) is 22.6. The number of rotatable bonds is 3.